The first-order chi connectivity index (χ1) is 9.58. The molecule has 1 aromatic carbocycles. The van der Waals surface area contributed by atoms with Crippen molar-refractivity contribution in [2.75, 3.05) is 0 Å². The van der Waals surface area contributed by atoms with E-state index in [1.807, 2.05) is 0 Å². The van der Waals surface area contributed by atoms with E-state index >= 15 is 0 Å². The molecule has 2 rings (SSSR count). The number of nitrogens with one attached hydrogen (secondary N) is 1. The van der Waals surface area contributed by atoms with Gasteiger partial charge in [-0.05, 0) is 30.5 Å². The van der Waals surface area contributed by atoms with E-state index in [4.69, 9.17) is 5.11 Å². The first-order valence-corrected chi connectivity index (χ1v) is 6.83. The van der Waals surface area contributed by atoms with Crippen LogP contribution >= 0.6 is 0 Å². The first kappa shape index (κ1) is 14.5. The standard InChI is InChI=1S/C15H18FNO3/c16-11-7-5-10(6-8-11)9-17-14(18)12-3-1-2-4-13(12)15(19)20/h5-8,12-13H,1-4,9H2,(H,17,18)(H,19,20)/t12-,13+/m1/s1. The predicted octanol–water partition coefficient (Wildman–Crippen LogP) is 2.33. The summed E-state index contributed by atoms with van der Waals surface area (Å²) < 4.78 is 12.8. The van der Waals surface area contributed by atoms with E-state index in [1.165, 1.54) is 12.1 Å². The molecule has 1 aliphatic carbocycles. The minimum atomic E-state index is -0.897. The smallest absolute Gasteiger partial charge is 0.307 e. The van der Waals surface area contributed by atoms with E-state index in [1.54, 1.807) is 12.1 Å². The Morgan fingerprint density at radius 3 is 2.35 bits per heavy atom. The Hall–Kier alpha value is -1.91. The second-order valence-corrected chi connectivity index (χ2v) is 5.18. The first-order valence-electron chi connectivity index (χ1n) is 6.83. The van der Waals surface area contributed by atoms with Crippen LogP contribution in [0.1, 0.15) is 31.2 Å². The number of amides is 1. The van der Waals surface area contributed by atoms with Crippen LogP contribution in [0.3, 0.4) is 0 Å². The Morgan fingerprint density at radius 2 is 1.75 bits per heavy atom. The van der Waals surface area contributed by atoms with E-state index in [-0.39, 0.29) is 11.7 Å². The van der Waals surface area contributed by atoms with Crippen LogP contribution in [0.15, 0.2) is 24.3 Å². The fraction of sp³-hybridized carbons (Fsp3) is 0.467. The lowest BCUT2D eigenvalue weighted by atomic mass is 9.78. The van der Waals surface area contributed by atoms with Crippen molar-refractivity contribution in [1.29, 1.82) is 0 Å². The maximum Gasteiger partial charge on any atom is 0.307 e. The average molecular weight is 279 g/mol. The molecule has 5 heteroatoms. The zero-order valence-corrected chi connectivity index (χ0v) is 11.1. The zero-order chi connectivity index (χ0) is 14.5. The van der Waals surface area contributed by atoms with Gasteiger partial charge in [-0.2, -0.15) is 0 Å². The number of halogens is 1. The van der Waals surface area contributed by atoms with Crippen molar-refractivity contribution in [3.63, 3.8) is 0 Å². The maximum absolute atomic E-state index is 12.8. The van der Waals surface area contributed by atoms with Gasteiger partial charge in [0.15, 0.2) is 0 Å². The van der Waals surface area contributed by atoms with Crippen LogP contribution in [0.2, 0.25) is 0 Å². The SMILES string of the molecule is O=C(O)[C@H]1CCCC[C@H]1C(=O)NCc1ccc(F)cc1. The van der Waals surface area contributed by atoms with Gasteiger partial charge in [0.2, 0.25) is 5.91 Å². The monoisotopic (exact) mass is 279 g/mol. The molecule has 0 radical (unpaired) electrons. The number of rotatable bonds is 4. The maximum atomic E-state index is 12.8. The van der Waals surface area contributed by atoms with Crippen LogP contribution in [-0.4, -0.2) is 17.0 Å². The predicted molar refractivity (Wildman–Crippen MR) is 71.3 cm³/mol. The molecule has 2 N–H and O–H groups in total. The molecule has 1 fully saturated rings. The Balaban J connectivity index is 1.93. The summed E-state index contributed by atoms with van der Waals surface area (Å²) in [6, 6.07) is 5.88. The molecule has 0 bridgehead atoms. The van der Waals surface area contributed by atoms with Crippen molar-refractivity contribution in [3.8, 4) is 0 Å². The average Bonchev–Trinajstić information content (AvgIpc) is 2.46. The minimum absolute atomic E-state index is 0.221. The number of carbonyl (C=O) groups is 2. The summed E-state index contributed by atoms with van der Waals surface area (Å²) >= 11 is 0. The molecular formula is C15H18FNO3. The van der Waals surface area contributed by atoms with Crippen molar-refractivity contribution in [1.82, 2.24) is 5.32 Å². The van der Waals surface area contributed by atoms with Gasteiger partial charge < -0.3 is 10.4 Å². The van der Waals surface area contributed by atoms with Crippen molar-refractivity contribution in [2.45, 2.75) is 32.2 Å². The van der Waals surface area contributed by atoms with Crippen LogP contribution < -0.4 is 5.32 Å². The summed E-state index contributed by atoms with van der Waals surface area (Å²) in [7, 11) is 0. The van der Waals surface area contributed by atoms with Gasteiger partial charge in [0, 0.05) is 6.54 Å². The number of carbonyl (C=O) groups excluding carboxylic acids is 1. The van der Waals surface area contributed by atoms with Crippen molar-refractivity contribution in [3.05, 3.63) is 35.6 Å². The number of aliphatic carboxylic acids is 1. The van der Waals surface area contributed by atoms with Crippen LogP contribution in [0.25, 0.3) is 0 Å². The van der Waals surface area contributed by atoms with Crippen LogP contribution in [-0.2, 0) is 16.1 Å². The third-order valence-corrected chi connectivity index (χ3v) is 3.80. The lowest BCUT2D eigenvalue weighted by Crippen LogP contribution is -2.39. The second kappa shape index (κ2) is 6.50. The molecule has 1 amide bonds. The number of carboxylic acids is 1. The summed E-state index contributed by atoms with van der Waals surface area (Å²) in [6.07, 6.45) is 2.92. The van der Waals surface area contributed by atoms with Crippen molar-refractivity contribution >= 4 is 11.9 Å². The number of carboxylic acid groups (broad SMARTS) is 1. The molecule has 0 saturated heterocycles. The molecule has 0 spiro atoms. The highest BCUT2D eigenvalue weighted by Crippen LogP contribution is 2.30. The number of benzene rings is 1. The van der Waals surface area contributed by atoms with Crippen molar-refractivity contribution < 1.29 is 19.1 Å². The number of hydrogen-bond acceptors (Lipinski definition) is 2. The second-order valence-electron chi connectivity index (χ2n) is 5.18. The van der Waals surface area contributed by atoms with Gasteiger partial charge >= 0.3 is 5.97 Å². The zero-order valence-electron chi connectivity index (χ0n) is 11.1. The van der Waals surface area contributed by atoms with Crippen LogP contribution in [0.5, 0.6) is 0 Å². The molecule has 0 aromatic heterocycles. The topological polar surface area (TPSA) is 66.4 Å². The highest BCUT2D eigenvalue weighted by atomic mass is 19.1. The quantitative estimate of drug-likeness (QED) is 0.889. The van der Waals surface area contributed by atoms with Crippen molar-refractivity contribution in [2.24, 2.45) is 11.8 Å². The molecule has 0 unspecified atom stereocenters. The third kappa shape index (κ3) is 3.56. The van der Waals surface area contributed by atoms with E-state index < -0.39 is 17.8 Å². The van der Waals surface area contributed by atoms with Gasteiger partial charge in [-0.3, -0.25) is 9.59 Å². The highest BCUT2D eigenvalue weighted by Gasteiger charge is 2.35. The van der Waals surface area contributed by atoms with Gasteiger partial charge in [-0.1, -0.05) is 25.0 Å². The lowest BCUT2D eigenvalue weighted by molar-refractivity contribution is -0.148. The summed E-state index contributed by atoms with van der Waals surface area (Å²) in [5, 5.41) is 11.9. The van der Waals surface area contributed by atoms with Gasteiger partial charge in [-0.25, -0.2) is 4.39 Å². The normalized spacial score (nSPS) is 22.2. The van der Waals surface area contributed by atoms with E-state index in [0.29, 0.717) is 19.4 Å². The molecule has 0 aliphatic heterocycles. The Bertz CT molecular complexity index is 486. The minimum Gasteiger partial charge on any atom is -0.481 e. The molecular weight excluding hydrogens is 261 g/mol. The van der Waals surface area contributed by atoms with Gasteiger partial charge in [0.25, 0.3) is 0 Å². The number of hydrogen-bond donors (Lipinski definition) is 2. The molecule has 1 saturated carbocycles. The van der Waals surface area contributed by atoms with Gasteiger partial charge in [0.05, 0.1) is 11.8 Å². The molecule has 1 aliphatic rings. The summed E-state index contributed by atoms with van der Waals surface area (Å²) in [5.74, 6) is -2.48. The lowest BCUT2D eigenvalue weighted by Gasteiger charge is -2.27. The van der Waals surface area contributed by atoms with Gasteiger partial charge in [0.1, 0.15) is 5.82 Å². The molecule has 108 valence electrons. The van der Waals surface area contributed by atoms with E-state index in [0.717, 1.165) is 18.4 Å². The van der Waals surface area contributed by atoms with Crippen LogP contribution in [0.4, 0.5) is 4.39 Å². The summed E-state index contributed by atoms with van der Waals surface area (Å²) in [5.41, 5.74) is 0.794. The Morgan fingerprint density at radius 1 is 1.15 bits per heavy atom. The molecule has 4 nitrogen and oxygen atoms in total. The largest absolute Gasteiger partial charge is 0.481 e. The fourth-order valence-electron chi connectivity index (χ4n) is 2.66. The Labute approximate surface area is 117 Å². The summed E-state index contributed by atoms with van der Waals surface area (Å²) in [4.78, 5) is 23.3. The molecule has 0 heterocycles. The molecule has 20 heavy (non-hydrogen) atoms. The summed E-state index contributed by atoms with van der Waals surface area (Å²) in [6.45, 7) is 0.294. The molecule has 1 aromatic rings. The fourth-order valence-corrected chi connectivity index (χ4v) is 2.66. The van der Waals surface area contributed by atoms with Gasteiger partial charge in [-0.15, -0.1) is 0 Å². The third-order valence-electron chi connectivity index (χ3n) is 3.80. The van der Waals surface area contributed by atoms with Crippen LogP contribution in [0, 0.1) is 17.7 Å². The Kier molecular flexibility index (Phi) is 4.71. The highest BCUT2D eigenvalue weighted by molar-refractivity contribution is 5.84. The van der Waals surface area contributed by atoms with E-state index in [2.05, 4.69) is 5.32 Å². The molecule has 2 atom stereocenters. The van der Waals surface area contributed by atoms with E-state index in [9.17, 15) is 14.0 Å².